The summed E-state index contributed by atoms with van der Waals surface area (Å²) in [4.78, 5) is 13.2. The number of carbonyl (C=O) groups excluding carboxylic acids is 1. The molecule has 16 heavy (non-hydrogen) atoms. The van der Waals surface area contributed by atoms with Crippen molar-refractivity contribution in [1.29, 1.82) is 0 Å². The summed E-state index contributed by atoms with van der Waals surface area (Å²) in [5, 5.41) is 9.98. The number of aryl methyl sites for hydroxylation is 1. The van der Waals surface area contributed by atoms with Crippen LogP contribution in [0.25, 0.3) is 0 Å². The van der Waals surface area contributed by atoms with E-state index in [0.717, 1.165) is 0 Å². The smallest absolute Gasteiger partial charge is 0.228 e. The highest BCUT2D eigenvalue weighted by Crippen LogP contribution is 2.38. The number of phenols is 1. The average molecular weight is 258 g/mol. The molecule has 0 aromatic heterocycles. The zero-order valence-corrected chi connectivity index (χ0v) is 10.4. The number of thiol groups is 1. The van der Waals surface area contributed by atoms with Crippen molar-refractivity contribution in [1.82, 2.24) is 0 Å². The molecule has 1 atom stereocenters. The van der Waals surface area contributed by atoms with Gasteiger partial charge in [-0.1, -0.05) is 17.7 Å². The van der Waals surface area contributed by atoms with Gasteiger partial charge in [0, 0.05) is 18.2 Å². The van der Waals surface area contributed by atoms with Crippen molar-refractivity contribution < 1.29 is 9.90 Å². The molecule has 5 heteroatoms. The maximum atomic E-state index is 11.7. The van der Waals surface area contributed by atoms with Gasteiger partial charge in [-0.15, -0.1) is 0 Å². The Hall–Kier alpha value is -0.870. The molecule has 1 heterocycles. The molecule has 1 aromatic carbocycles. The predicted molar refractivity (Wildman–Crippen MR) is 67.6 cm³/mol. The molecule has 1 N–H and O–H groups in total. The molecule has 1 aromatic rings. The number of anilines is 1. The van der Waals surface area contributed by atoms with Crippen molar-refractivity contribution in [2.45, 2.75) is 18.6 Å². The first-order chi connectivity index (χ1) is 7.50. The van der Waals surface area contributed by atoms with E-state index in [1.807, 2.05) is 0 Å². The molecular weight excluding hydrogens is 246 g/mol. The van der Waals surface area contributed by atoms with Crippen LogP contribution < -0.4 is 4.90 Å². The molecule has 1 aliphatic heterocycles. The topological polar surface area (TPSA) is 40.5 Å². The van der Waals surface area contributed by atoms with Crippen LogP contribution in [0.3, 0.4) is 0 Å². The van der Waals surface area contributed by atoms with E-state index < -0.39 is 0 Å². The lowest BCUT2D eigenvalue weighted by molar-refractivity contribution is -0.117. The minimum Gasteiger partial charge on any atom is -0.506 e. The molecule has 1 fully saturated rings. The number of benzene rings is 1. The van der Waals surface area contributed by atoms with E-state index in [4.69, 9.17) is 11.6 Å². The molecule has 1 unspecified atom stereocenters. The van der Waals surface area contributed by atoms with Gasteiger partial charge in [-0.05, 0) is 18.6 Å². The van der Waals surface area contributed by atoms with Crippen molar-refractivity contribution in [3.63, 3.8) is 0 Å². The highest BCUT2D eigenvalue weighted by Gasteiger charge is 2.30. The van der Waals surface area contributed by atoms with Gasteiger partial charge in [-0.3, -0.25) is 4.79 Å². The number of halogens is 1. The monoisotopic (exact) mass is 257 g/mol. The Kier molecular flexibility index (Phi) is 3.04. The van der Waals surface area contributed by atoms with Gasteiger partial charge in [0.1, 0.15) is 10.8 Å². The predicted octanol–water partition coefficient (Wildman–Crippen LogP) is 2.39. The number of phenolic OH excluding ortho intramolecular Hbond substituents is 1. The molecule has 0 bridgehead atoms. The van der Waals surface area contributed by atoms with E-state index in [1.165, 1.54) is 0 Å². The molecule has 0 spiro atoms. The number of hydrogen-bond donors (Lipinski definition) is 2. The fourth-order valence-electron chi connectivity index (χ4n) is 1.78. The van der Waals surface area contributed by atoms with Gasteiger partial charge in [0.15, 0.2) is 0 Å². The van der Waals surface area contributed by atoms with Crippen LogP contribution in [0.15, 0.2) is 12.1 Å². The van der Waals surface area contributed by atoms with E-state index >= 15 is 0 Å². The molecule has 0 aliphatic carbocycles. The van der Waals surface area contributed by atoms with Gasteiger partial charge in [-0.2, -0.15) is 12.6 Å². The third-order valence-corrected chi connectivity index (χ3v) is 3.41. The lowest BCUT2D eigenvalue weighted by atomic mass is 10.2. The summed E-state index contributed by atoms with van der Waals surface area (Å²) in [6.45, 7) is 2.29. The fraction of sp³-hybridized carbons (Fsp3) is 0.364. The zero-order chi connectivity index (χ0) is 11.9. The van der Waals surface area contributed by atoms with Crippen LogP contribution in [-0.2, 0) is 4.79 Å². The lowest BCUT2D eigenvalue weighted by Crippen LogP contribution is -2.24. The van der Waals surface area contributed by atoms with Crippen LogP contribution in [0.5, 0.6) is 5.75 Å². The highest BCUT2D eigenvalue weighted by atomic mass is 35.5. The second-order valence-corrected chi connectivity index (χ2v) is 5.03. The number of carbonyl (C=O) groups is 1. The zero-order valence-electron chi connectivity index (χ0n) is 8.77. The highest BCUT2D eigenvalue weighted by molar-refractivity contribution is 7.81. The third kappa shape index (κ3) is 1.87. The molecule has 2 rings (SSSR count). The molecule has 0 radical (unpaired) electrons. The van der Waals surface area contributed by atoms with E-state index in [1.54, 1.807) is 24.0 Å². The second-order valence-electron chi connectivity index (χ2n) is 3.93. The normalized spacial score (nSPS) is 20.6. The first-order valence-corrected chi connectivity index (χ1v) is 5.86. The SMILES string of the molecule is Cc1ccc(N2CC(S)CC2=O)c(Cl)c1O. The van der Waals surface area contributed by atoms with Crippen LogP contribution in [0.4, 0.5) is 5.69 Å². The molecule has 86 valence electrons. The van der Waals surface area contributed by atoms with Crippen LogP contribution in [0.2, 0.25) is 5.02 Å². The van der Waals surface area contributed by atoms with Gasteiger partial charge in [-0.25, -0.2) is 0 Å². The molecule has 3 nitrogen and oxygen atoms in total. The van der Waals surface area contributed by atoms with Gasteiger partial charge in [0.2, 0.25) is 5.91 Å². The van der Waals surface area contributed by atoms with Crippen molar-refractivity contribution in [3.8, 4) is 5.75 Å². The van der Waals surface area contributed by atoms with Gasteiger partial charge < -0.3 is 10.0 Å². The van der Waals surface area contributed by atoms with Crippen molar-refractivity contribution >= 4 is 35.8 Å². The standard InChI is InChI=1S/C11H12ClNO2S/c1-6-2-3-8(10(12)11(6)15)13-5-7(16)4-9(13)14/h2-3,7,15-16H,4-5H2,1H3. The van der Waals surface area contributed by atoms with E-state index in [9.17, 15) is 9.90 Å². The molecular formula is C11H12ClNO2S. The summed E-state index contributed by atoms with van der Waals surface area (Å²) < 4.78 is 0. The summed E-state index contributed by atoms with van der Waals surface area (Å²) in [7, 11) is 0. The number of amides is 1. The molecule has 0 saturated carbocycles. The molecule has 1 saturated heterocycles. The summed E-state index contributed by atoms with van der Waals surface area (Å²) in [6.07, 6.45) is 0.411. The fourth-order valence-corrected chi connectivity index (χ4v) is 2.41. The van der Waals surface area contributed by atoms with E-state index in [0.29, 0.717) is 24.2 Å². The third-order valence-electron chi connectivity index (χ3n) is 2.69. The van der Waals surface area contributed by atoms with Crippen LogP contribution in [-0.4, -0.2) is 22.8 Å². The number of hydrogen-bond acceptors (Lipinski definition) is 3. The van der Waals surface area contributed by atoms with Crippen molar-refractivity contribution in [2.75, 3.05) is 11.4 Å². The summed E-state index contributed by atoms with van der Waals surface area (Å²) in [5.74, 6) is 0.0275. The van der Waals surface area contributed by atoms with Crippen molar-refractivity contribution in [2.24, 2.45) is 0 Å². The second kappa shape index (κ2) is 4.18. The van der Waals surface area contributed by atoms with E-state index in [-0.39, 0.29) is 21.9 Å². The quantitative estimate of drug-likeness (QED) is 0.759. The van der Waals surface area contributed by atoms with Gasteiger partial charge in [0.25, 0.3) is 0 Å². The molecule has 1 aliphatic rings. The average Bonchev–Trinajstić information content (AvgIpc) is 2.55. The maximum Gasteiger partial charge on any atom is 0.228 e. The molecule has 1 amide bonds. The first kappa shape index (κ1) is 11.6. The van der Waals surface area contributed by atoms with Crippen LogP contribution in [0, 0.1) is 6.92 Å². The van der Waals surface area contributed by atoms with Gasteiger partial charge >= 0.3 is 0 Å². The Labute approximate surface area is 104 Å². The summed E-state index contributed by atoms with van der Waals surface area (Å²) in [6, 6.07) is 3.50. The first-order valence-electron chi connectivity index (χ1n) is 4.97. The Morgan fingerprint density at radius 3 is 2.81 bits per heavy atom. The largest absolute Gasteiger partial charge is 0.506 e. The maximum absolute atomic E-state index is 11.7. The lowest BCUT2D eigenvalue weighted by Gasteiger charge is -2.18. The number of rotatable bonds is 1. The Balaban J connectivity index is 2.42. The minimum absolute atomic E-state index is 0.00912. The van der Waals surface area contributed by atoms with Crippen LogP contribution >= 0.6 is 24.2 Å². The number of nitrogens with zero attached hydrogens (tertiary/aromatic N) is 1. The summed E-state index contributed by atoms with van der Waals surface area (Å²) in [5.41, 5.74) is 1.26. The Morgan fingerprint density at radius 2 is 2.25 bits per heavy atom. The van der Waals surface area contributed by atoms with Gasteiger partial charge in [0.05, 0.1) is 5.69 Å². The summed E-state index contributed by atoms with van der Waals surface area (Å²) >= 11 is 10.3. The Morgan fingerprint density at radius 1 is 1.56 bits per heavy atom. The Bertz CT molecular complexity index is 450. The van der Waals surface area contributed by atoms with E-state index in [2.05, 4.69) is 12.6 Å². The minimum atomic E-state index is -0.00912. The van der Waals surface area contributed by atoms with Crippen molar-refractivity contribution in [3.05, 3.63) is 22.7 Å². The number of aromatic hydroxyl groups is 1. The van der Waals surface area contributed by atoms with Crippen LogP contribution in [0.1, 0.15) is 12.0 Å².